The Kier molecular flexibility index (Phi) is 4.15. The maximum absolute atomic E-state index is 10.8. The lowest BCUT2D eigenvalue weighted by Gasteiger charge is -2.25. The molecule has 1 atom stereocenters. The average Bonchev–Trinajstić information content (AvgIpc) is 2.39. The molecule has 0 bridgehead atoms. The molecule has 2 heteroatoms. The molecular weight excluding hydrogens is 248 g/mol. The molecule has 0 aromatic heterocycles. The lowest BCUT2D eigenvalue weighted by molar-refractivity contribution is 0.102. The standard InChI is InChI=1S/C18H22O2/c1-13(2)20-17-11-9-16(10-12-17)18(4,19)15-7-5-14(3)6-8-15/h5-13,19H,1-4H3. The zero-order valence-corrected chi connectivity index (χ0v) is 12.6. The quantitative estimate of drug-likeness (QED) is 0.908. The minimum Gasteiger partial charge on any atom is -0.491 e. The summed E-state index contributed by atoms with van der Waals surface area (Å²) in [5.41, 5.74) is 1.94. The molecule has 0 saturated heterocycles. The molecule has 0 aliphatic carbocycles. The molecule has 106 valence electrons. The van der Waals surface area contributed by atoms with E-state index in [-0.39, 0.29) is 6.10 Å². The predicted octanol–water partition coefficient (Wildman–Crippen LogP) is 4.04. The third kappa shape index (κ3) is 3.20. The van der Waals surface area contributed by atoms with Crippen molar-refractivity contribution in [1.29, 1.82) is 0 Å². The summed E-state index contributed by atoms with van der Waals surface area (Å²) in [5, 5.41) is 10.8. The van der Waals surface area contributed by atoms with E-state index in [1.807, 2.05) is 76.2 Å². The van der Waals surface area contributed by atoms with Crippen molar-refractivity contribution < 1.29 is 9.84 Å². The molecule has 2 aromatic rings. The van der Waals surface area contributed by atoms with E-state index in [9.17, 15) is 5.11 Å². The van der Waals surface area contributed by atoms with E-state index in [1.54, 1.807) is 0 Å². The van der Waals surface area contributed by atoms with Crippen LogP contribution in [0.5, 0.6) is 5.75 Å². The van der Waals surface area contributed by atoms with Crippen LogP contribution in [0.4, 0.5) is 0 Å². The molecule has 0 fully saturated rings. The first-order chi connectivity index (χ1) is 9.39. The largest absolute Gasteiger partial charge is 0.491 e. The van der Waals surface area contributed by atoms with Gasteiger partial charge in [-0.1, -0.05) is 42.0 Å². The Balaban J connectivity index is 2.27. The van der Waals surface area contributed by atoms with Gasteiger partial charge in [0.1, 0.15) is 11.4 Å². The number of hydrogen-bond acceptors (Lipinski definition) is 2. The number of benzene rings is 2. The number of aliphatic hydroxyl groups is 1. The molecule has 0 heterocycles. The van der Waals surface area contributed by atoms with Crippen molar-refractivity contribution in [1.82, 2.24) is 0 Å². The van der Waals surface area contributed by atoms with Crippen LogP contribution in [0.2, 0.25) is 0 Å². The SMILES string of the molecule is Cc1ccc(C(C)(O)c2ccc(OC(C)C)cc2)cc1. The summed E-state index contributed by atoms with van der Waals surface area (Å²) in [6.45, 7) is 7.85. The van der Waals surface area contributed by atoms with Crippen molar-refractivity contribution in [3.63, 3.8) is 0 Å². The minimum atomic E-state index is -0.996. The molecule has 0 saturated carbocycles. The van der Waals surface area contributed by atoms with Crippen LogP contribution >= 0.6 is 0 Å². The molecule has 20 heavy (non-hydrogen) atoms. The summed E-state index contributed by atoms with van der Waals surface area (Å²) >= 11 is 0. The van der Waals surface area contributed by atoms with E-state index in [1.165, 1.54) is 5.56 Å². The van der Waals surface area contributed by atoms with Crippen molar-refractivity contribution in [2.24, 2.45) is 0 Å². The number of hydrogen-bond donors (Lipinski definition) is 1. The van der Waals surface area contributed by atoms with Gasteiger partial charge >= 0.3 is 0 Å². The first kappa shape index (κ1) is 14.6. The summed E-state index contributed by atoms with van der Waals surface area (Å²) in [7, 11) is 0. The summed E-state index contributed by atoms with van der Waals surface area (Å²) < 4.78 is 5.62. The van der Waals surface area contributed by atoms with Crippen LogP contribution in [0, 0.1) is 6.92 Å². The Morgan fingerprint density at radius 2 is 1.35 bits per heavy atom. The van der Waals surface area contributed by atoms with Crippen molar-refractivity contribution in [2.45, 2.75) is 39.4 Å². The van der Waals surface area contributed by atoms with Crippen LogP contribution < -0.4 is 4.74 Å². The van der Waals surface area contributed by atoms with Gasteiger partial charge in [0.05, 0.1) is 6.10 Å². The van der Waals surface area contributed by atoms with E-state index in [0.717, 1.165) is 16.9 Å². The van der Waals surface area contributed by atoms with Crippen LogP contribution in [0.25, 0.3) is 0 Å². The third-order valence-electron chi connectivity index (χ3n) is 3.40. The summed E-state index contributed by atoms with van der Waals surface area (Å²) in [6.07, 6.45) is 0.151. The highest BCUT2D eigenvalue weighted by molar-refractivity contribution is 5.38. The van der Waals surface area contributed by atoms with Gasteiger partial charge in [0.15, 0.2) is 0 Å². The second-order valence-electron chi connectivity index (χ2n) is 5.63. The molecule has 0 aliphatic rings. The zero-order chi connectivity index (χ0) is 14.8. The van der Waals surface area contributed by atoms with Gasteiger partial charge < -0.3 is 9.84 Å². The molecule has 0 spiro atoms. The predicted molar refractivity (Wildman–Crippen MR) is 82.1 cm³/mol. The van der Waals surface area contributed by atoms with Crippen LogP contribution in [0.1, 0.15) is 37.5 Å². The highest BCUT2D eigenvalue weighted by atomic mass is 16.5. The van der Waals surface area contributed by atoms with Gasteiger partial charge in [0.2, 0.25) is 0 Å². The molecule has 0 aliphatic heterocycles. The number of rotatable bonds is 4. The fraction of sp³-hybridized carbons (Fsp3) is 0.333. The fourth-order valence-corrected chi connectivity index (χ4v) is 2.17. The van der Waals surface area contributed by atoms with Crippen LogP contribution in [-0.4, -0.2) is 11.2 Å². The summed E-state index contributed by atoms with van der Waals surface area (Å²) in [5.74, 6) is 0.823. The zero-order valence-electron chi connectivity index (χ0n) is 12.6. The molecule has 1 N–H and O–H groups in total. The minimum absolute atomic E-state index is 0.151. The van der Waals surface area contributed by atoms with E-state index in [0.29, 0.717) is 0 Å². The maximum Gasteiger partial charge on any atom is 0.119 e. The Morgan fingerprint density at radius 3 is 1.80 bits per heavy atom. The van der Waals surface area contributed by atoms with Gasteiger partial charge in [-0.2, -0.15) is 0 Å². The topological polar surface area (TPSA) is 29.5 Å². The van der Waals surface area contributed by atoms with Crippen molar-refractivity contribution in [3.05, 3.63) is 65.2 Å². The second-order valence-corrected chi connectivity index (χ2v) is 5.63. The van der Waals surface area contributed by atoms with Gasteiger partial charge in [-0.15, -0.1) is 0 Å². The van der Waals surface area contributed by atoms with Gasteiger partial charge in [-0.3, -0.25) is 0 Å². The number of aryl methyl sites for hydroxylation is 1. The molecule has 2 aromatic carbocycles. The molecule has 0 radical (unpaired) electrons. The Hall–Kier alpha value is -1.80. The van der Waals surface area contributed by atoms with Crippen LogP contribution in [-0.2, 0) is 5.60 Å². The highest BCUT2D eigenvalue weighted by Crippen LogP contribution is 2.30. The normalized spacial score (nSPS) is 14.1. The molecule has 2 rings (SSSR count). The van der Waals surface area contributed by atoms with E-state index in [4.69, 9.17) is 4.74 Å². The van der Waals surface area contributed by atoms with Crippen LogP contribution in [0.15, 0.2) is 48.5 Å². The fourth-order valence-electron chi connectivity index (χ4n) is 2.17. The van der Waals surface area contributed by atoms with E-state index >= 15 is 0 Å². The molecule has 0 amide bonds. The van der Waals surface area contributed by atoms with E-state index in [2.05, 4.69) is 0 Å². The van der Waals surface area contributed by atoms with Gasteiger partial charge in [0, 0.05) is 0 Å². The Morgan fingerprint density at radius 1 is 0.900 bits per heavy atom. The number of ether oxygens (including phenoxy) is 1. The maximum atomic E-state index is 10.8. The molecule has 1 unspecified atom stereocenters. The van der Waals surface area contributed by atoms with Crippen LogP contribution in [0.3, 0.4) is 0 Å². The Bertz CT molecular complexity index is 551. The van der Waals surface area contributed by atoms with Gasteiger partial charge in [-0.25, -0.2) is 0 Å². The smallest absolute Gasteiger partial charge is 0.119 e. The van der Waals surface area contributed by atoms with Crippen molar-refractivity contribution in [3.8, 4) is 5.75 Å². The monoisotopic (exact) mass is 270 g/mol. The highest BCUT2D eigenvalue weighted by Gasteiger charge is 2.25. The average molecular weight is 270 g/mol. The first-order valence-electron chi connectivity index (χ1n) is 6.96. The van der Waals surface area contributed by atoms with Gasteiger partial charge in [0.25, 0.3) is 0 Å². The Labute approximate surface area is 121 Å². The van der Waals surface area contributed by atoms with Crippen molar-refractivity contribution in [2.75, 3.05) is 0 Å². The third-order valence-corrected chi connectivity index (χ3v) is 3.40. The van der Waals surface area contributed by atoms with Crippen molar-refractivity contribution >= 4 is 0 Å². The first-order valence-corrected chi connectivity index (χ1v) is 6.96. The molecule has 2 nitrogen and oxygen atoms in total. The lowest BCUT2D eigenvalue weighted by atomic mass is 9.88. The lowest BCUT2D eigenvalue weighted by Crippen LogP contribution is -2.22. The van der Waals surface area contributed by atoms with E-state index < -0.39 is 5.60 Å². The summed E-state index contributed by atoms with van der Waals surface area (Å²) in [6, 6.07) is 15.6. The summed E-state index contributed by atoms with van der Waals surface area (Å²) in [4.78, 5) is 0. The second kappa shape index (κ2) is 5.68. The van der Waals surface area contributed by atoms with Gasteiger partial charge in [-0.05, 0) is 51.0 Å². The molecular formula is C18H22O2.